The van der Waals surface area contributed by atoms with Crippen LogP contribution in [0.25, 0.3) is 0 Å². The van der Waals surface area contributed by atoms with Crippen LogP contribution < -0.4 is 5.32 Å². The van der Waals surface area contributed by atoms with Crippen LogP contribution in [0.1, 0.15) is 49.8 Å². The molecule has 0 radical (unpaired) electrons. The minimum absolute atomic E-state index is 0.492. The maximum Gasteiger partial charge on any atom is 0.0357 e. The summed E-state index contributed by atoms with van der Waals surface area (Å²) < 4.78 is 1.24. The molecule has 2 heteroatoms. The molecule has 0 spiro atoms. The molecule has 1 atom stereocenters. The van der Waals surface area contributed by atoms with Gasteiger partial charge in [-0.05, 0) is 50.3 Å². The van der Waals surface area contributed by atoms with Gasteiger partial charge < -0.3 is 5.32 Å². The molecule has 1 aromatic carbocycles. The molecule has 0 heterocycles. The molecule has 0 bridgehead atoms. The Labute approximate surface area is 119 Å². The average molecular weight is 310 g/mol. The van der Waals surface area contributed by atoms with Crippen LogP contribution in [-0.4, -0.2) is 7.05 Å². The number of nitrogens with one attached hydrogen (secondary N) is 1. The van der Waals surface area contributed by atoms with Crippen molar-refractivity contribution in [1.29, 1.82) is 0 Å². The van der Waals surface area contributed by atoms with E-state index in [1.807, 2.05) is 0 Å². The number of aryl methyl sites for hydroxylation is 1. The fourth-order valence-corrected chi connectivity index (χ4v) is 3.66. The zero-order valence-electron chi connectivity index (χ0n) is 11.7. The lowest BCUT2D eigenvalue weighted by molar-refractivity contribution is 0.237. The average Bonchev–Trinajstić information content (AvgIpc) is 2.37. The summed E-state index contributed by atoms with van der Waals surface area (Å²) in [7, 11) is 2.09. The summed E-state index contributed by atoms with van der Waals surface area (Å²) in [5, 5.41) is 3.54. The highest BCUT2D eigenvalue weighted by atomic mass is 79.9. The van der Waals surface area contributed by atoms with Crippen LogP contribution in [-0.2, 0) is 0 Å². The van der Waals surface area contributed by atoms with E-state index < -0.39 is 0 Å². The van der Waals surface area contributed by atoms with E-state index in [-0.39, 0.29) is 0 Å². The summed E-state index contributed by atoms with van der Waals surface area (Å²) in [6.07, 6.45) is 5.47. The standard InChI is InChI=1S/C16H24BrN/c1-11-4-7-13(8-5-11)16(18-3)14-10-12(2)6-9-15(14)17/h6,9-11,13,16,18H,4-5,7-8H2,1-3H3. The number of halogens is 1. The van der Waals surface area contributed by atoms with E-state index >= 15 is 0 Å². The predicted octanol–water partition coefficient (Wildman–Crippen LogP) is 4.84. The smallest absolute Gasteiger partial charge is 0.0357 e. The van der Waals surface area contributed by atoms with Crippen LogP contribution in [0.3, 0.4) is 0 Å². The first kappa shape index (κ1) is 14.1. The molecule has 100 valence electrons. The van der Waals surface area contributed by atoms with Crippen LogP contribution in [0.15, 0.2) is 22.7 Å². The Morgan fingerprint density at radius 3 is 2.50 bits per heavy atom. The lowest BCUT2D eigenvalue weighted by Crippen LogP contribution is -2.28. The fourth-order valence-electron chi connectivity index (χ4n) is 3.17. The Bertz CT molecular complexity index is 394. The van der Waals surface area contributed by atoms with Gasteiger partial charge in [0.05, 0.1) is 0 Å². The molecule has 0 amide bonds. The maximum absolute atomic E-state index is 3.71. The van der Waals surface area contributed by atoms with Crippen molar-refractivity contribution in [2.24, 2.45) is 11.8 Å². The first-order valence-corrected chi connectivity index (χ1v) is 7.84. The summed E-state index contributed by atoms with van der Waals surface area (Å²) in [5.41, 5.74) is 2.77. The number of rotatable bonds is 3. The molecule has 0 aromatic heterocycles. The Kier molecular flexibility index (Phi) is 4.85. The largest absolute Gasteiger partial charge is 0.313 e. The van der Waals surface area contributed by atoms with E-state index in [1.54, 1.807) is 0 Å². The molecule has 1 unspecified atom stereocenters. The van der Waals surface area contributed by atoms with Gasteiger partial charge in [-0.3, -0.25) is 0 Å². The Morgan fingerprint density at radius 2 is 1.89 bits per heavy atom. The van der Waals surface area contributed by atoms with Crippen molar-refractivity contribution in [2.75, 3.05) is 7.05 Å². The van der Waals surface area contributed by atoms with E-state index in [0.717, 1.165) is 11.8 Å². The van der Waals surface area contributed by atoms with Gasteiger partial charge in [-0.1, -0.05) is 53.4 Å². The molecule has 1 aliphatic carbocycles. The first-order valence-electron chi connectivity index (χ1n) is 7.05. The van der Waals surface area contributed by atoms with Crippen molar-refractivity contribution in [3.63, 3.8) is 0 Å². The van der Waals surface area contributed by atoms with Gasteiger partial charge in [-0.15, -0.1) is 0 Å². The van der Waals surface area contributed by atoms with Gasteiger partial charge in [-0.2, -0.15) is 0 Å². The van der Waals surface area contributed by atoms with Gasteiger partial charge in [0.2, 0.25) is 0 Å². The van der Waals surface area contributed by atoms with Crippen molar-refractivity contribution in [1.82, 2.24) is 5.32 Å². The quantitative estimate of drug-likeness (QED) is 0.842. The molecule has 1 fully saturated rings. The molecule has 1 nitrogen and oxygen atoms in total. The van der Waals surface area contributed by atoms with E-state index in [2.05, 4.69) is 60.3 Å². The van der Waals surface area contributed by atoms with Gasteiger partial charge in [0.15, 0.2) is 0 Å². The van der Waals surface area contributed by atoms with Crippen LogP contribution in [0.4, 0.5) is 0 Å². The predicted molar refractivity (Wildman–Crippen MR) is 81.8 cm³/mol. The van der Waals surface area contributed by atoms with E-state index in [0.29, 0.717) is 6.04 Å². The van der Waals surface area contributed by atoms with Gasteiger partial charge in [-0.25, -0.2) is 0 Å². The van der Waals surface area contributed by atoms with Crippen LogP contribution >= 0.6 is 15.9 Å². The molecule has 1 aliphatic rings. The molecule has 18 heavy (non-hydrogen) atoms. The van der Waals surface area contributed by atoms with Gasteiger partial charge in [0, 0.05) is 10.5 Å². The number of hydrogen-bond acceptors (Lipinski definition) is 1. The summed E-state index contributed by atoms with van der Waals surface area (Å²) in [5.74, 6) is 1.70. The van der Waals surface area contributed by atoms with E-state index in [1.165, 1.54) is 41.3 Å². The lowest BCUT2D eigenvalue weighted by atomic mass is 9.77. The second-order valence-corrected chi connectivity index (χ2v) is 6.67. The van der Waals surface area contributed by atoms with Crippen LogP contribution in [0.5, 0.6) is 0 Å². The minimum atomic E-state index is 0.492. The monoisotopic (exact) mass is 309 g/mol. The molecule has 0 aliphatic heterocycles. The highest BCUT2D eigenvalue weighted by Gasteiger charge is 2.27. The highest BCUT2D eigenvalue weighted by Crippen LogP contribution is 2.38. The van der Waals surface area contributed by atoms with Crippen molar-refractivity contribution >= 4 is 15.9 Å². The molecule has 1 saturated carbocycles. The fraction of sp³-hybridized carbons (Fsp3) is 0.625. The second-order valence-electron chi connectivity index (χ2n) is 5.81. The summed E-state index contributed by atoms with van der Waals surface area (Å²) in [4.78, 5) is 0. The zero-order chi connectivity index (χ0) is 13.1. The third-order valence-corrected chi connectivity index (χ3v) is 5.05. The Hall–Kier alpha value is -0.340. The van der Waals surface area contributed by atoms with Crippen LogP contribution in [0.2, 0.25) is 0 Å². The molecule has 1 N–H and O–H groups in total. The molecular weight excluding hydrogens is 286 g/mol. The lowest BCUT2D eigenvalue weighted by Gasteiger charge is -2.33. The first-order chi connectivity index (χ1) is 8.61. The Balaban J connectivity index is 2.19. The molecular formula is C16H24BrN. The molecule has 0 saturated heterocycles. The SMILES string of the molecule is CNC(c1cc(C)ccc1Br)C1CCC(C)CC1. The molecule has 1 aromatic rings. The number of hydrogen-bond donors (Lipinski definition) is 1. The maximum atomic E-state index is 3.71. The van der Waals surface area contributed by atoms with Crippen LogP contribution in [0, 0.1) is 18.8 Å². The zero-order valence-corrected chi connectivity index (χ0v) is 13.3. The van der Waals surface area contributed by atoms with Gasteiger partial charge >= 0.3 is 0 Å². The van der Waals surface area contributed by atoms with Crippen molar-refractivity contribution in [2.45, 2.75) is 45.6 Å². The highest BCUT2D eigenvalue weighted by molar-refractivity contribution is 9.10. The van der Waals surface area contributed by atoms with E-state index in [4.69, 9.17) is 0 Å². The Morgan fingerprint density at radius 1 is 1.22 bits per heavy atom. The third-order valence-electron chi connectivity index (χ3n) is 4.33. The van der Waals surface area contributed by atoms with Crippen molar-refractivity contribution in [3.8, 4) is 0 Å². The van der Waals surface area contributed by atoms with Crippen molar-refractivity contribution < 1.29 is 0 Å². The third kappa shape index (κ3) is 3.16. The van der Waals surface area contributed by atoms with E-state index in [9.17, 15) is 0 Å². The summed E-state index contributed by atoms with van der Waals surface area (Å²) in [6, 6.07) is 7.17. The summed E-state index contributed by atoms with van der Waals surface area (Å²) in [6.45, 7) is 4.55. The topological polar surface area (TPSA) is 12.0 Å². The summed E-state index contributed by atoms with van der Waals surface area (Å²) >= 11 is 3.71. The van der Waals surface area contributed by atoms with Gasteiger partial charge in [0.1, 0.15) is 0 Å². The number of benzene rings is 1. The van der Waals surface area contributed by atoms with Gasteiger partial charge in [0.25, 0.3) is 0 Å². The second kappa shape index (κ2) is 6.21. The molecule has 2 rings (SSSR count). The van der Waals surface area contributed by atoms with Crippen molar-refractivity contribution in [3.05, 3.63) is 33.8 Å². The minimum Gasteiger partial charge on any atom is -0.313 e. The normalized spacial score (nSPS) is 26.0.